The molecule has 0 aliphatic rings. The number of hydrogen-bond acceptors (Lipinski definition) is 2. The van der Waals surface area contributed by atoms with Crippen molar-refractivity contribution in [3.63, 3.8) is 0 Å². The van der Waals surface area contributed by atoms with Crippen molar-refractivity contribution in [1.29, 1.82) is 5.26 Å². The fourth-order valence-electron chi connectivity index (χ4n) is 3.12. The third-order valence-electron chi connectivity index (χ3n) is 4.50. The Morgan fingerprint density at radius 1 is 1.14 bits per heavy atom. The van der Waals surface area contributed by atoms with Crippen LogP contribution in [0.1, 0.15) is 22.5 Å². The van der Waals surface area contributed by atoms with Crippen LogP contribution in [0.25, 0.3) is 11.8 Å². The first-order valence-electron chi connectivity index (χ1n) is 8.88. The summed E-state index contributed by atoms with van der Waals surface area (Å²) < 4.78 is 3.10. The van der Waals surface area contributed by atoms with Gasteiger partial charge in [-0.25, -0.2) is 0 Å². The largest absolute Gasteiger partial charge is 0.347 e. The summed E-state index contributed by atoms with van der Waals surface area (Å²) in [6.07, 6.45) is 1.65. The summed E-state index contributed by atoms with van der Waals surface area (Å²) in [5.41, 5.74) is 4.95. The van der Waals surface area contributed by atoms with Crippen molar-refractivity contribution in [3.05, 3.63) is 93.2 Å². The van der Waals surface area contributed by atoms with Gasteiger partial charge in [-0.05, 0) is 55.3 Å². The van der Waals surface area contributed by atoms with Gasteiger partial charge in [0.25, 0.3) is 5.91 Å². The standard InChI is InChI=1S/C23H20BrN3O/c1-16-11-19(17(2)27(16)22-10-6-9-21(24)13-22)12-20(14-25)23(28)26-15-18-7-4-3-5-8-18/h3-13H,15H2,1-2H3,(H,26,28)/b20-12-. The van der Waals surface area contributed by atoms with E-state index in [0.717, 1.165) is 32.7 Å². The van der Waals surface area contributed by atoms with Gasteiger partial charge in [0.1, 0.15) is 11.6 Å². The molecule has 140 valence electrons. The monoisotopic (exact) mass is 433 g/mol. The number of carbonyl (C=O) groups is 1. The van der Waals surface area contributed by atoms with Crippen LogP contribution in [0.2, 0.25) is 0 Å². The summed E-state index contributed by atoms with van der Waals surface area (Å²) in [6.45, 7) is 4.37. The summed E-state index contributed by atoms with van der Waals surface area (Å²) in [7, 11) is 0. The first-order valence-corrected chi connectivity index (χ1v) is 9.67. The van der Waals surface area contributed by atoms with Gasteiger partial charge in [0, 0.05) is 28.1 Å². The van der Waals surface area contributed by atoms with Crippen molar-refractivity contribution in [2.75, 3.05) is 0 Å². The summed E-state index contributed by atoms with van der Waals surface area (Å²) in [5.74, 6) is -0.376. The molecule has 0 radical (unpaired) electrons. The minimum atomic E-state index is -0.376. The van der Waals surface area contributed by atoms with Crippen molar-refractivity contribution >= 4 is 27.9 Å². The number of carbonyl (C=O) groups excluding carboxylic acids is 1. The van der Waals surface area contributed by atoms with Gasteiger partial charge in [0.15, 0.2) is 0 Å². The summed E-state index contributed by atoms with van der Waals surface area (Å²) in [6, 6.07) is 21.6. The molecule has 1 amide bonds. The maximum Gasteiger partial charge on any atom is 0.262 e. The second-order valence-electron chi connectivity index (χ2n) is 6.48. The topological polar surface area (TPSA) is 57.8 Å². The second kappa shape index (κ2) is 8.73. The van der Waals surface area contributed by atoms with Crippen LogP contribution >= 0.6 is 15.9 Å². The molecule has 0 unspecified atom stereocenters. The number of benzene rings is 2. The Hall–Kier alpha value is -3.10. The van der Waals surface area contributed by atoms with Gasteiger partial charge < -0.3 is 9.88 Å². The molecule has 3 rings (SSSR count). The predicted molar refractivity (Wildman–Crippen MR) is 115 cm³/mol. The number of aromatic nitrogens is 1. The Morgan fingerprint density at radius 2 is 1.89 bits per heavy atom. The zero-order valence-corrected chi connectivity index (χ0v) is 17.3. The van der Waals surface area contributed by atoms with Crippen LogP contribution in [0.15, 0.2) is 70.7 Å². The van der Waals surface area contributed by atoms with Gasteiger partial charge in [-0.1, -0.05) is 52.3 Å². The molecule has 0 bridgehead atoms. The SMILES string of the molecule is Cc1cc(/C=C(/C#N)C(=O)NCc2ccccc2)c(C)n1-c1cccc(Br)c1. The molecule has 5 heteroatoms. The Bertz CT molecular complexity index is 1070. The van der Waals surface area contributed by atoms with Crippen LogP contribution < -0.4 is 5.32 Å². The lowest BCUT2D eigenvalue weighted by Gasteiger charge is -2.10. The smallest absolute Gasteiger partial charge is 0.262 e. The molecular weight excluding hydrogens is 414 g/mol. The van der Waals surface area contributed by atoms with Gasteiger partial charge in [-0.3, -0.25) is 4.79 Å². The number of nitriles is 1. The van der Waals surface area contributed by atoms with Gasteiger partial charge in [0.05, 0.1) is 0 Å². The van der Waals surface area contributed by atoms with Crippen molar-refractivity contribution in [1.82, 2.24) is 9.88 Å². The summed E-state index contributed by atoms with van der Waals surface area (Å²) >= 11 is 3.50. The molecule has 4 nitrogen and oxygen atoms in total. The number of amides is 1. The van der Waals surface area contributed by atoms with Crippen LogP contribution in [-0.4, -0.2) is 10.5 Å². The number of aryl methyl sites for hydroxylation is 1. The lowest BCUT2D eigenvalue weighted by atomic mass is 10.1. The highest BCUT2D eigenvalue weighted by Crippen LogP contribution is 2.24. The van der Waals surface area contributed by atoms with Crippen LogP contribution in [0.4, 0.5) is 0 Å². The van der Waals surface area contributed by atoms with Gasteiger partial charge >= 0.3 is 0 Å². The molecule has 28 heavy (non-hydrogen) atoms. The highest BCUT2D eigenvalue weighted by Gasteiger charge is 2.13. The zero-order chi connectivity index (χ0) is 20.1. The van der Waals surface area contributed by atoms with Gasteiger partial charge in [-0.2, -0.15) is 5.26 Å². The molecule has 3 aromatic rings. The van der Waals surface area contributed by atoms with E-state index in [1.54, 1.807) is 6.08 Å². The van der Waals surface area contributed by atoms with Gasteiger partial charge in [0.2, 0.25) is 0 Å². The van der Waals surface area contributed by atoms with E-state index >= 15 is 0 Å². The minimum Gasteiger partial charge on any atom is -0.347 e. The van der Waals surface area contributed by atoms with E-state index in [4.69, 9.17) is 0 Å². The molecule has 0 aliphatic heterocycles. The van der Waals surface area contributed by atoms with Crippen molar-refractivity contribution < 1.29 is 4.79 Å². The molecule has 2 aromatic carbocycles. The van der Waals surface area contributed by atoms with Gasteiger partial charge in [-0.15, -0.1) is 0 Å². The molecule has 0 fully saturated rings. The van der Waals surface area contributed by atoms with E-state index in [0.29, 0.717) is 6.54 Å². The normalized spacial score (nSPS) is 11.1. The lowest BCUT2D eigenvalue weighted by Crippen LogP contribution is -2.23. The van der Waals surface area contributed by atoms with E-state index in [1.165, 1.54) is 0 Å². The van der Waals surface area contributed by atoms with Crippen LogP contribution in [0.5, 0.6) is 0 Å². The van der Waals surface area contributed by atoms with E-state index in [-0.39, 0.29) is 11.5 Å². The van der Waals surface area contributed by atoms with E-state index in [1.807, 2.05) is 80.6 Å². The van der Waals surface area contributed by atoms with Crippen LogP contribution in [0, 0.1) is 25.2 Å². The molecule has 0 spiro atoms. The maximum atomic E-state index is 12.5. The highest BCUT2D eigenvalue weighted by atomic mass is 79.9. The maximum absolute atomic E-state index is 12.5. The summed E-state index contributed by atoms with van der Waals surface area (Å²) in [5, 5.41) is 12.3. The van der Waals surface area contributed by atoms with E-state index in [2.05, 4.69) is 25.8 Å². The molecule has 1 N–H and O–H groups in total. The second-order valence-corrected chi connectivity index (χ2v) is 7.40. The third kappa shape index (κ3) is 4.41. The minimum absolute atomic E-state index is 0.0884. The fraction of sp³-hybridized carbons (Fsp3) is 0.130. The zero-order valence-electron chi connectivity index (χ0n) is 15.7. The third-order valence-corrected chi connectivity index (χ3v) is 4.99. The van der Waals surface area contributed by atoms with Crippen molar-refractivity contribution in [3.8, 4) is 11.8 Å². The quantitative estimate of drug-likeness (QED) is 0.450. The Labute approximate surface area is 173 Å². The fourth-order valence-corrected chi connectivity index (χ4v) is 3.51. The van der Waals surface area contributed by atoms with Crippen molar-refractivity contribution in [2.24, 2.45) is 0 Å². The Morgan fingerprint density at radius 3 is 2.57 bits per heavy atom. The Balaban J connectivity index is 1.86. The first-order chi connectivity index (χ1) is 13.5. The molecule has 0 aliphatic carbocycles. The number of halogens is 1. The Kier molecular flexibility index (Phi) is 6.13. The average Bonchev–Trinajstić information content (AvgIpc) is 2.98. The van der Waals surface area contributed by atoms with E-state index in [9.17, 15) is 10.1 Å². The summed E-state index contributed by atoms with van der Waals surface area (Å²) in [4.78, 5) is 12.5. The predicted octanol–water partition coefficient (Wildman–Crippen LogP) is 5.08. The molecule has 1 heterocycles. The molecule has 0 saturated heterocycles. The molecule has 0 atom stereocenters. The van der Waals surface area contributed by atoms with E-state index < -0.39 is 0 Å². The average molecular weight is 434 g/mol. The molecule has 1 aromatic heterocycles. The molecular formula is C23H20BrN3O. The van der Waals surface area contributed by atoms with Crippen LogP contribution in [0.3, 0.4) is 0 Å². The highest BCUT2D eigenvalue weighted by molar-refractivity contribution is 9.10. The number of nitrogens with one attached hydrogen (secondary N) is 1. The number of nitrogens with zero attached hydrogens (tertiary/aromatic N) is 2. The lowest BCUT2D eigenvalue weighted by molar-refractivity contribution is -0.117. The first kappa shape index (κ1) is 19.7. The van der Waals surface area contributed by atoms with Crippen LogP contribution in [-0.2, 0) is 11.3 Å². The van der Waals surface area contributed by atoms with Crippen molar-refractivity contribution in [2.45, 2.75) is 20.4 Å². The molecule has 0 saturated carbocycles. The number of hydrogen-bond donors (Lipinski definition) is 1. The number of rotatable bonds is 5.